The molecule has 17 heavy (non-hydrogen) atoms. The lowest BCUT2D eigenvalue weighted by Gasteiger charge is -2.09. The molecule has 1 aromatic rings. The van der Waals surface area contributed by atoms with Crippen LogP contribution in [0.1, 0.15) is 6.42 Å². The van der Waals surface area contributed by atoms with E-state index < -0.39 is 17.5 Å². The van der Waals surface area contributed by atoms with Gasteiger partial charge in [-0.2, -0.15) is 13.2 Å². The minimum atomic E-state index is -4.25. The number of alkyl halides is 3. The number of hydrogen-bond acceptors (Lipinski definition) is 4. The van der Waals surface area contributed by atoms with Gasteiger partial charge in [0.15, 0.2) is 0 Å². The molecule has 1 aromatic heterocycles. The van der Waals surface area contributed by atoms with Crippen molar-refractivity contribution in [3.8, 4) is 0 Å². The van der Waals surface area contributed by atoms with Crippen LogP contribution < -0.4 is 5.32 Å². The molecule has 0 aliphatic heterocycles. The Balaban J connectivity index is 2.64. The third-order valence-corrected chi connectivity index (χ3v) is 2.34. The first-order valence-electron chi connectivity index (χ1n) is 4.40. The average molecular weight is 314 g/mol. The van der Waals surface area contributed by atoms with E-state index in [-0.39, 0.29) is 22.5 Å². The predicted molar refractivity (Wildman–Crippen MR) is 57.8 cm³/mol. The van der Waals surface area contributed by atoms with Crippen LogP contribution in [0.4, 0.5) is 24.7 Å². The molecule has 1 heterocycles. The number of anilines is 1. The van der Waals surface area contributed by atoms with Gasteiger partial charge in [0.25, 0.3) is 5.69 Å². The molecule has 0 aliphatic carbocycles. The van der Waals surface area contributed by atoms with E-state index in [0.717, 1.165) is 6.20 Å². The predicted octanol–water partition coefficient (Wildman–Crippen LogP) is 3.12. The van der Waals surface area contributed by atoms with Gasteiger partial charge >= 0.3 is 6.18 Å². The van der Waals surface area contributed by atoms with Crippen molar-refractivity contribution < 1.29 is 18.1 Å². The zero-order valence-corrected chi connectivity index (χ0v) is 9.88. The third kappa shape index (κ3) is 4.55. The molecule has 1 N–H and O–H groups in total. The average Bonchev–Trinajstić information content (AvgIpc) is 2.18. The van der Waals surface area contributed by atoms with E-state index in [9.17, 15) is 23.3 Å². The van der Waals surface area contributed by atoms with Gasteiger partial charge in [-0.3, -0.25) is 10.1 Å². The fourth-order valence-electron chi connectivity index (χ4n) is 0.980. The maximum atomic E-state index is 11.9. The van der Waals surface area contributed by atoms with Gasteiger partial charge in [-0.25, -0.2) is 4.98 Å². The monoisotopic (exact) mass is 313 g/mol. The van der Waals surface area contributed by atoms with E-state index in [1.54, 1.807) is 0 Å². The molecule has 9 heteroatoms. The van der Waals surface area contributed by atoms with Gasteiger partial charge in [-0.05, 0) is 15.9 Å². The fourth-order valence-corrected chi connectivity index (χ4v) is 1.46. The zero-order valence-electron chi connectivity index (χ0n) is 8.29. The van der Waals surface area contributed by atoms with E-state index in [1.807, 2.05) is 0 Å². The molecule has 0 atom stereocenters. The van der Waals surface area contributed by atoms with Crippen LogP contribution in [0.5, 0.6) is 0 Å². The fraction of sp³-hybridized carbons (Fsp3) is 0.375. The standard InChI is InChI=1S/C8H7BrF3N3O2/c9-6-3-5(15(16)17)4-14-7(6)13-2-1-8(10,11)12/h3-4H,1-2H2,(H,13,14). The van der Waals surface area contributed by atoms with Crippen molar-refractivity contribution in [3.05, 3.63) is 26.9 Å². The van der Waals surface area contributed by atoms with E-state index in [1.165, 1.54) is 6.07 Å². The summed E-state index contributed by atoms with van der Waals surface area (Å²) in [6.07, 6.45) is -4.28. The van der Waals surface area contributed by atoms with E-state index >= 15 is 0 Å². The van der Waals surface area contributed by atoms with Crippen LogP contribution in [-0.2, 0) is 0 Å². The molecule has 0 unspecified atom stereocenters. The lowest BCUT2D eigenvalue weighted by Crippen LogP contribution is -2.15. The molecule has 0 radical (unpaired) electrons. The first-order valence-corrected chi connectivity index (χ1v) is 5.19. The van der Waals surface area contributed by atoms with Crippen molar-refractivity contribution in [1.82, 2.24) is 4.98 Å². The third-order valence-electron chi connectivity index (χ3n) is 1.74. The molecule has 0 aromatic carbocycles. The topological polar surface area (TPSA) is 68.1 Å². The molecule has 5 nitrogen and oxygen atoms in total. The summed E-state index contributed by atoms with van der Waals surface area (Å²) in [6.45, 7) is -0.340. The highest BCUT2D eigenvalue weighted by molar-refractivity contribution is 9.10. The smallest absolute Gasteiger partial charge is 0.369 e. The Morgan fingerprint density at radius 2 is 2.18 bits per heavy atom. The Morgan fingerprint density at radius 3 is 2.65 bits per heavy atom. The number of nitro groups is 1. The van der Waals surface area contributed by atoms with E-state index in [0.29, 0.717) is 0 Å². The molecular weight excluding hydrogens is 307 g/mol. The normalized spacial score (nSPS) is 11.3. The SMILES string of the molecule is O=[N+]([O-])c1cnc(NCCC(F)(F)F)c(Br)c1. The summed E-state index contributed by atoms with van der Waals surface area (Å²) in [4.78, 5) is 13.4. The summed E-state index contributed by atoms with van der Waals surface area (Å²) in [7, 11) is 0. The van der Waals surface area contributed by atoms with Gasteiger partial charge in [0, 0.05) is 12.6 Å². The number of rotatable bonds is 4. The maximum Gasteiger partial charge on any atom is 0.390 e. The van der Waals surface area contributed by atoms with Crippen LogP contribution in [0, 0.1) is 10.1 Å². The highest BCUT2D eigenvalue weighted by atomic mass is 79.9. The second-order valence-electron chi connectivity index (χ2n) is 3.07. The summed E-state index contributed by atoms with van der Waals surface area (Å²) >= 11 is 2.99. The van der Waals surface area contributed by atoms with Crippen molar-refractivity contribution in [3.63, 3.8) is 0 Å². The van der Waals surface area contributed by atoms with Crippen molar-refractivity contribution in [1.29, 1.82) is 0 Å². The Morgan fingerprint density at radius 1 is 1.53 bits per heavy atom. The summed E-state index contributed by atoms with van der Waals surface area (Å²) in [5, 5.41) is 12.8. The highest BCUT2D eigenvalue weighted by Gasteiger charge is 2.26. The summed E-state index contributed by atoms with van der Waals surface area (Å²) in [5.41, 5.74) is -0.238. The van der Waals surface area contributed by atoms with Crippen molar-refractivity contribution in [2.45, 2.75) is 12.6 Å². The zero-order chi connectivity index (χ0) is 13.1. The Labute approximate surface area is 102 Å². The number of halogens is 4. The molecule has 94 valence electrons. The minimum Gasteiger partial charge on any atom is -0.369 e. The first kappa shape index (κ1) is 13.7. The van der Waals surface area contributed by atoms with Crippen LogP contribution in [0.15, 0.2) is 16.7 Å². The molecule has 0 saturated carbocycles. The van der Waals surface area contributed by atoms with E-state index in [2.05, 4.69) is 26.2 Å². The van der Waals surface area contributed by atoms with Gasteiger partial charge in [0.05, 0.1) is 15.8 Å². The molecule has 0 saturated heterocycles. The number of pyridine rings is 1. The van der Waals surface area contributed by atoms with Gasteiger partial charge in [0.2, 0.25) is 0 Å². The van der Waals surface area contributed by atoms with Gasteiger partial charge in [0.1, 0.15) is 12.0 Å². The lowest BCUT2D eigenvalue weighted by molar-refractivity contribution is -0.385. The van der Waals surface area contributed by atoms with Gasteiger partial charge < -0.3 is 5.32 Å². The largest absolute Gasteiger partial charge is 0.390 e. The summed E-state index contributed by atoms with van der Waals surface area (Å²) in [5.74, 6) is 0.139. The van der Waals surface area contributed by atoms with Crippen LogP contribution in [0.3, 0.4) is 0 Å². The van der Waals surface area contributed by atoms with Crippen LogP contribution in [-0.4, -0.2) is 22.6 Å². The molecule has 0 spiro atoms. The van der Waals surface area contributed by atoms with Crippen LogP contribution in [0.2, 0.25) is 0 Å². The Kier molecular flexibility index (Phi) is 4.27. The van der Waals surface area contributed by atoms with Gasteiger partial charge in [-0.15, -0.1) is 0 Å². The molecule has 0 aliphatic rings. The van der Waals surface area contributed by atoms with Crippen molar-refractivity contribution in [2.24, 2.45) is 0 Å². The maximum absolute atomic E-state index is 11.9. The van der Waals surface area contributed by atoms with Crippen molar-refractivity contribution in [2.75, 3.05) is 11.9 Å². The Bertz CT molecular complexity index is 425. The van der Waals surface area contributed by atoms with Crippen LogP contribution in [0.25, 0.3) is 0 Å². The number of nitrogens with one attached hydrogen (secondary N) is 1. The van der Waals surface area contributed by atoms with Gasteiger partial charge in [-0.1, -0.05) is 0 Å². The number of nitrogens with zero attached hydrogens (tertiary/aromatic N) is 2. The van der Waals surface area contributed by atoms with Crippen LogP contribution >= 0.6 is 15.9 Å². The summed E-state index contributed by atoms with van der Waals surface area (Å²) < 4.78 is 35.8. The first-order chi connectivity index (χ1) is 7.79. The highest BCUT2D eigenvalue weighted by Crippen LogP contribution is 2.25. The molecule has 0 fully saturated rings. The molecule has 0 amide bonds. The minimum absolute atomic E-state index is 0.139. The number of aromatic nitrogens is 1. The lowest BCUT2D eigenvalue weighted by atomic mass is 10.4. The second-order valence-corrected chi connectivity index (χ2v) is 3.93. The Hall–Kier alpha value is -1.38. The molecule has 1 rings (SSSR count). The molecular formula is C8H7BrF3N3O2. The second kappa shape index (κ2) is 5.30. The number of hydrogen-bond donors (Lipinski definition) is 1. The van der Waals surface area contributed by atoms with E-state index in [4.69, 9.17) is 0 Å². The van der Waals surface area contributed by atoms with Crippen molar-refractivity contribution >= 4 is 27.4 Å². The quantitative estimate of drug-likeness (QED) is 0.685. The summed E-state index contributed by atoms with van der Waals surface area (Å²) in [6, 6.07) is 1.17. The molecule has 0 bridgehead atoms.